The van der Waals surface area contributed by atoms with Gasteiger partial charge in [0.05, 0.1) is 0 Å². The highest BCUT2D eigenvalue weighted by atomic mass is 79.9. The summed E-state index contributed by atoms with van der Waals surface area (Å²) >= 11 is 3.43. The quantitative estimate of drug-likeness (QED) is 0.646. The summed E-state index contributed by atoms with van der Waals surface area (Å²) in [6, 6.07) is 5.83. The molecule has 3 N–H and O–H groups in total. The maximum absolute atomic E-state index is 5.63. The lowest BCUT2D eigenvalue weighted by atomic mass is 10.2. The lowest BCUT2D eigenvalue weighted by Gasteiger charge is -1.96. The summed E-state index contributed by atoms with van der Waals surface area (Å²) in [6.45, 7) is 0. The van der Waals surface area contributed by atoms with Crippen LogP contribution in [0.15, 0.2) is 28.9 Å². The Kier molecular flexibility index (Phi) is 1.39. The van der Waals surface area contributed by atoms with Gasteiger partial charge in [0, 0.05) is 27.3 Å². The summed E-state index contributed by atoms with van der Waals surface area (Å²) in [6.07, 6.45) is 1.90. The molecule has 0 aliphatic carbocycles. The van der Waals surface area contributed by atoms with E-state index in [1.54, 1.807) is 0 Å². The van der Waals surface area contributed by atoms with Crippen molar-refractivity contribution < 1.29 is 0 Å². The van der Waals surface area contributed by atoms with E-state index in [1.165, 1.54) is 5.39 Å². The number of rotatable bonds is 0. The maximum atomic E-state index is 5.63. The number of nitrogens with two attached hydrogens (primary N) is 1. The normalized spacial score (nSPS) is 10.6. The van der Waals surface area contributed by atoms with Gasteiger partial charge in [0.25, 0.3) is 0 Å². The van der Waals surface area contributed by atoms with Crippen molar-refractivity contribution in [1.82, 2.24) is 4.98 Å². The Bertz CT molecular complexity index is 392. The summed E-state index contributed by atoms with van der Waals surface area (Å²) in [5, 5.41) is 1.17. The number of nitrogen functional groups attached to an aromatic ring is 1. The molecule has 1 heterocycles. The van der Waals surface area contributed by atoms with Crippen LogP contribution < -0.4 is 5.73 Å². The molecule has 2 aromatic rings. The number of halogens is 1. The Hall–Kier alpha value is -0.960. The van der Waals surface area contributed by atoms with E-state index >= 15 is 0 Å². The molecule has 0 bridgehead atoms. The Morgan fingerprint density at radius 2 is 2.18 bits per heavy atom. The molecule has 0 saturated carbocycles. The third-order valence-electron chi connectivity index (χ3n) is 1.64. The summed E-state index contributed by atoms with van der Waals surface area (Å²) in [5.74, 6) is 0. The van der Waals surface area contributed by atoms with Crippen LogP contribution in [-0.2, 0) is 0 Å². The van der Waals surface area contributed by atoms with Gasteiger partial charge < -0.3 is 10.7 Å². The second kappa shape index (κ2) is 2.27. The summed E-state index contributed by atoms with van der Waals surface area (Å²) in [5.41, 5.74) is 7.47. The van der Waals surface area contributed by atoms with Crippen LogP contribution in [0.25, 0.3) is 10.9 Å². The zero-order chi connectivity index (χ0) is 7.84. The van der Waals surface area contributed by atoms with Gasteiger partial charge in [0.2, 0.25) is 0 Å². The average molecular weight is 211 g/mol. The number of hydrogen-bond acceptors (Lipinski definition) is 1. The van der Waals surface area contributed by atoms with Crippen molar-refractivity contribution >= 4 is 32.5 Å². The van der Waals surface area contributed by atoms with Crippen LogP contribution >= 0.6 is 15.9 Å². The minimum absolute atomic E-state index is 0.770. The second-order valence-electron chi connectivity index (χ2n) is 2.44. The molecule has 0 fully saturated rings. The lowest BCUT2D eigenvalue weighted by Crippen LogP contribution is -1.83. The molecule has 0 aliphatic rings. The van der Waals surface area contributed by atoms with E-state index in [0.717, 1.165) is 15.7 Å². The molecule has 0 saturated heterocycles. The van der Waals surface area contributed by atoms with E-state index in [0.29, 0.717) is 0 Å². The maximum Gasteiger partial charge on any atom is 0.0486 e. The predicted octanol–water partition coefficient (Wildman–Crippen LogP) is 2.51. The van der Waals surface area contributed by atoms with Crippen molar-refractivity contribution in [3.05, 3.63) is 28.9 Å². The number of H-pyrrole nitrogens is 1. The fourth-order valence-corrected chi connectivity index (χ4v) is 1.75. The first-order chi connectivity index (χ1) is 5.27. The molecular weight excluding hydrogens is 204 g/mol. The molecule has 0 atom stereocenters. The first-order valence-electron chi connectivity index (χ1n) is 3.29. The highest BCUT2D eigenvalue weighted by molar-refractivity contribution is 9.10. The van der Waals surface area contributed by atoms with E-state index in [9.17, 15) is 0 Å². The van der Waals surface area contributed by atoms with Gasteiger partial charge in [0.15, 0.2) is 0 Å². The molecule has 0 amide bonds. The van der Waals surface area contributed by atoms with E-state index in [4.69, 9.17) is 5.73 Å². The van der Waals surface area contributed by atoms with Crippen LogP contribution in [0.1, 0.15) is 0 Å². The average Bonchev–Trinajstić information content (AvgIpc) is 2.34. The molecule has 0 aliphatic heterocycles. The van der Waals surface area contributed by atoms with E-state index in [-0.39, 0.29) is 0 Å². The molecule has 2 nitrogen and oxygen atoms in total. The molecule has 1 aromatic carbocycles. The molecule has 11 heavy (non-hydrogen) atoms. The van der Waals surface area contributed by atoms with Crippen molar-refractivity contribution in [2.24, 2.45) is 0 Å². The fraction of sp³-hybridized carbons (Fsp3) is 0. The molecule has 3 heteroatoms. The highest BCUT2D eigenvalue weighted by Gasteiger charge is 1.99. The summed E-state index contributed by atoms with van der Waals surface area (Å²) in [4.78, 5) is 3.09. The van der Waals surface area contributed by atoms with Crippen molar-refractivity contribution in [2.75, 3.05) is 5.73 Å². The van der Waals surface area contributed by atoms with E-state index in [2.05, 4.69) is 20.9 Å². The molecule has 0 unspecified atom stereocenters. The molecule has 56 valence electrons. The fourth-order valence-electron chi connectivity index (χ4n) is 1.14. The van der Waals surface area contributed by atoms with Crippen LogP contribution in [-0.4, -0.2) is 4.98 Å². The highest BCUT2D eigenvalue weighted by Crippen LogP contribution is 2.25. The van der Waals surface area contributed by atoms with Gasteiger partial charge >= 0.3 is 0 Å². The van der Waals surface area contributed by atoms with Gasteiger partial charge in [-0.1, -0.05) is 15.9 Å². The molecule has 0 spiro atoms. The van der Waals surface area contributed by atoms with Crippen LogP contribution in [0.5, 0.6) is 0 Å². The minimum Gasteiger partial charge on any atom is -0.399 e. The number of aromatic amines is 1. The van der Waals surface area contributed by atoms with E-state index < -0.39 is 0 Å². The lowest BCUT2D eigenvalue weighted by molar-refractivity contribution is 1.48. The Labute approximate surface area is 72.5 Å². The first kappa shape index (κ1) is 6.73. The van der Waals surface area contributed by atoms with Crippen LogP contribution in [0.3, 0.4) is 0 Å². The van der Waals surface area contributed by atoms with Crippen molar-refractivity contribution in [1.29, 1.82) is 0 Å². The zero-order valence-electron chi connectivity index (χ0n) is 5.76. The largest absolute Gasteiger partial charge is 0.399 e. The number of benzene rings is 1. The van der Waals surface area contributed by atoms with Crippen LogP contribution in [0.4, 0.5) is 5.69 Å². The van der Waals surface area contributed by atoms with Gasteiger partial charge in [0.1, 0.15) is 0 Å². The van der Waals surface area contributed by atoms with Gasteiger partial charge in [-0.3, -0.25) is 0 Å². The van der Waals surface area contributed by atoms with Crippen molar-refractivity contribution in [3.63, 3.8) is 0 Å². The van der Waals surface area contributed by atoms with Crippen LogP contribution in [0, 0.1) is 0 Å². The monoisotopic (exact) mass is 210 g/mol. The van der Waals surface area contributed by atoms with Crippen molar-refractivity contribution in [2.45, 2.75) is 0 Å². The van der Waals surface area contributed by atoms with Gasteiger partial charge in [-0.25, -0.2) is 0 Å². The minimum atomic E-state index is 0.770. The van der Waals surface area contributed by atoms with Crippen LogP contribution in [0.2, 0.25) is 0 Å². The topological polar surface area (TPSA) is 41.8 Å². The van der Waals surface area contributed by atoms with Gasteiger partial charge in [-0.2, -0.15) is 0 Å². The third-order valence-corrected chi connectivity index (χ3v) is 2.30. The number of hydrogen-bond donors (Lipinski definition) is 2. The zero-order valence-corrected chi connectivity index (χ0v) is 7.35. The Morgan fingerprint density at radius 3 is 3.00 bits per heavy atom. The third kappa shape index (κ3) is 1.01. The molecule has 2 rings (SSSR count). The molecular formula is C8H7BrN2. The molecule has 0 radical (unpaired) electrons. The summed E-state index contributed by atoms with van der Waals surface area (Å²) in [7, 11) is 0. The van der Waals surface area contributed by atoms with Crippen molar-refractivity contribution in [3.8, 4) is 0 Å². The second-order valence-corrected chi connectivity index (χ2v) is 3.30. The van der Waals surface area contributed by atoms with E-state index in [1.807, 2.05) is 24.4 Å². The molecule has 1 aromatic heterocycles. The Balaban J connectivity index is 2.91. The first-order valence-corrected chi connectivity index (χ1v) is 4.09. The number of aromatic nitrogens is 1. The standard InChI is InChI=1S/C8H7BrN2/c9-7-3-5(10)4-8-6(7)1-2-11-8/h1-4,11H,10H2. The predicted molar refractivity (Wildman–Crippen MR) is 50.4 cm³/mol. The number of fused-ring (bicyclic) bond motifs is 1. The SMILES string of the molecule is Nc1cc(Br)c2cc[nH]c2c1. The Morgan fingerprint density at radius 1 is 1.36 bits per heavy atom. The summed E-state index contributed by atoms with van der Waals surface area (Å²) < 4.78 is 1.04. The number of anilines is 1. The van der Waals surface area contributed by atoms with Gasteiger partial charge in [-0.15, -0.1) is 0 Å². The smallest absolute Gasteiger partial charge is 0.0486 e. The van der Waals surface area contributed by atoms with Gasteiger partial charge in [-0.05, 0) is 18.2 Å². The number of nitrogens with one attached hydrogen (secondary N) is 1.